The van der Waals surface area contributed by atoms with Crippen LogP contribution in [0.25, 0.3) is 22.2 Å². The molecule has 2 aromatic carbocycles. The zero-order valence-electron chi connectivity index (χ0n) is 28.4. The molecule has 3 heterocycles. The predicted octanol–water partition coefficient (Wildman–Crippen LogP) is 9.46. The highest BCUT2D eigenvalue weighted by Crippen LogP contribution is 2.38. The number of piperidine rings is 1. The van der Waals surface area contributed by atoms with Gasteiger partial charge >= 0.3 is 15.6 Å². The van der Waals surface area contributed by atoms with Crippen molar-refractivity contribution >= 4 is 62.1 Å². The molecule has 4 aromatic rings. The first kappa shape index (κ1) is 41.5. The molecule has 17 heteroatoms. The minimum atomic E-state index is -6.04. The molecule has 5 rings (SSSR count). The number of pyridine rings is 1. The van der Waals surface area contributed by atoms with Gasteiger partial charge in [0, 0.05) is 43.4 Å². The zero-order chi connectivity index (χ0) is 38.5. The molecule has 0 radical (unpaired) electrons. The molecule has 2 aromatic heterocycles. The van der Waals surface area contributed by atoms with E-state index in [-0.39, 0.29) is 65.5 Å². The molecule has 0 aliphatic carbocycles. The van der Waals surface area contributed by atoms with Gasteiger partial charge in [-0.15, -0.1) is 11.6 Å². The van der Waals surface area contributed by atoms with Crippen LogP contribution in [0, 0.1) is 13.8 Å². The third-order valence-electron chi connectivity index (χ3n) is 7.74. The molecule has 1 aliphatic rings. The summed E-state index contributed by atoms with van der Waals surface area (Å²) >= 11 is 10.8. The molecule has 1 N–H and O–H groups in total. The van der Waals surface area contributed by atoms with E-state index >= 15 is 0 Å². The summed E-state index contributed by atoms with van der Waals surface area (Å²) in [6.45, 7) is 9.16. The number of anilines is 2. The van der Waals surface area contributed by atoms with Crippen LogP contribution in [0.3, 0.4) is 0 Å². The number of hydrogen-bond acceptors (Lipinski definition) is 9. The second kappa shape index (κ2) is 16.6. The summed E-state index contributed by atoms with van der Waals surface area (Å²) in [6, 6.07) is 9.12. The second-order valence-electron chi connectivity index (χ2n) is 11.2. The molecular formula is C34H36Cl2F5N3O6S. The van der Waals surface area contributed by atoms with E-state index in [9.17, 15) is 40.0 Å². The number of carbonyl (C=O) groups is 1. The first-order valence-electron chi connectivity index (χ1n) is 15.5. The highest BCUT2D eigenvalue weighted by molar-refractivity contribution is 7.88. The number of benzene rings is 2. The van der Waals surface area contributed by atoms with Crippen molar-refractivity contribution in [2.75, 3.05) is 29.7 Å². The lowest BCUT2D eigenvalue weighted by molar-refractivity contribution is -0.0500. The van der Waals surface area contributed by atoms with E-state index in [1.807, 2.05) is 13.8 Å². The van der Waals surface area contributed by atoms with Crippen LogP contribution in [-0.2, 0) is 10.1 Å². The van der Waals surface area contributed by atoms with Crippen molar-refractivity contribution in [3.8, 4) is 17.0 Å². The van der Waals surface area contributed by atoms with Crippen molar-refractivity contribution in [3.05, 3.63) is 80.1 Å². The van der Waals surface area contributed by atoms with Crippen LogP contribution in [0.4, 0.5) is 33.5 Å². The fourth-order valence-electron chi connectivity index (χ4n) is 5.33. The molecule has 51 heavy (non-hydrogen) atoms. The van der Waals surface area contributed by atoms with Gasteiger partial charge in [-0.1, -0.05) is 31.5 Å². The van der Waals surface area contributed by atoms with Crippen molar-refractivity contribution in [3.63, 3.8) is 0 Å². The molecule has 1 fully saturated rings. The molecule has 0 amide bonds. The minimum absolute atomic E-state index is 0.00578. The summed E-state index contributed by atoms with van der Waals surface area (Å²) in [7, 11) is -6.04. The highest BCUT2D eigenvalue weighted by Gasteiger charge is 2.48. The monoisotopic (exact) mass is 779 g/mol. The van der Waals surface area contributed by atoms with Crippen LogP contribution in [0.2, 0.25) is 5.15 Å². The SMILES string of the molecule is CC.CCl.Cc1cc(C(C)Nc2ccc(Cl)nc2-c2ccc(OS(=O)(=O)C(F)(F)F)c(C=O)c2)c2oc(N3CCC(F)(F)CC3)c(C)c(=O)c2c1. The Morgan fingerprint density at radius 3 is 2.27 bits per heavy atom. The molecule has 0 spiro atoms. The number of carbonyl (C=O) groups excluding carboxylic acids is 1. The lowest BCUT2D eigenvalue weighted by atomic mass is 9.99. The Kier molecular flexibility index (Phi) is 13.5. The van der Waals surface area contributed by atoms with Crippen molar-refractivity contribution in [2.45, 2.75) is 64.9 Å². The molecule has 1 atom stereocenters. The average Bonchev–Trinajstić information content (AvgIpc) is 3.08. The van der Waals surface area contributed by atoms with Crippen LogP contribution in [0.5, 0.6) is 5.75 Å². The predicted molar refractivity (Wildman–Crippen MR) is 189 cm³/mol. The number of halogens is 7. The van der Waals surface area contributed by atoms with Crippen LogP contribution in [-0.4, -0.2) is 50.6 Å². The Labute approximate surface area is 301 Å². The molecule has 0 bridgehead atoms. The first-order chi connectivity index (χ1) is 23.9. The van der Waals surface area contributed by atoms with Gasteiger partial charge in [0.15, 0.2) is 17.5 Å². The molecule has 1 saturated heterocycles. The lowest BCUT2D eigenvalue weighted by Gasteiger charge is -2.33. The summed E-state index contributed by atoms with van der Waals surface area (Å²) < 4.78 is 99.9. The van der Waals surface area contributed by atoms with Crippen LogP contribution in [0.1, 0.15) is 66.7 Å². The van der Waals surface area contributed by atoms with Gasteiger partial charge in [0.1, 0.15) is 10.7 Å². The fourth-order valence-corrected chi connectivity index (χ4v) is 5.96. The van der Waals surface area contributed by atoms with Gasteiger partial charge in [-0.25, -0.2) is 13.8 Å². The van der Waals surface area contributed by atoms with E-state index in [1.165, 1.54) is 18.5 Å². The van der Waals surface area contributed by atoms with Gasteiger partial charge in [0.05, 0.1) is 33.9 Å². The van der Waals surface area contributed by atoms with Crippen molar-refractivity contribution in [2.24, 2.45) is 0 Å². The second-order valence-corrected chi connectivity index (χ2v) is 13.1. The number of aromatic nitrogens is 1. The quantitative estimate of drug-likeness (QED) is 0.0466. The van der Waals surface area contributed by atoms with Gasteiger partial charge in [0.25, 0.3) is 5.92 Å². The maximum atomic E-state index is 13.9. The van der Waals surface area contributed by atoms with Gasteiger partial charge in [0.2, 0.25) is 5.88 Å². The maximum Gasteiger partial charge on any atom is 0.534 e. The highest BCUT2D eigenvalue weighted by atomic mass is 35.5. The van der Waals surface area contributed by atoms with Gasteiger partial charge in [-0.05, 0) is 62.7 Å². The lowest BCUT2D eigenvalue weighted by Crippen LogP contribution is -2.40. The van der Waals surface area contributed by atoms with E-state index in [0.29, 0.717) is 22.2 Å². The van der Waals surface area contributed by atoms with E-state index < -0.39 is 38.9 Å². The number of hydrogen-bond donors (Lipinski definition) is 1. The topological polar surface area (TPSA) is 119 Å². The van der Waals surface area contributed by atoms with E-state index in [4.69, 9.17) is 16.0 Å². The third-order valence-corrected chi connectivity index (χ3v) is 8.92. The number of nitrogens with one attached hydrogen (secondary N) is 1. The first-order valence-corrected chi connectivity index (χ1v) is 18.1. The summed E-state index contributed by atoms with van der Waals surface area (Å²) in [5.74, 6) is -3.43. The normalized spacial score (nSPS) is 14.8. The summed E-state index contributed by atoms with van der Waals surface area (Å²) in [6.07, 6.45) is 0.849. The van der Waals surface area contributed by atoms with Crippen molar-refractivity contribution in [1.82, 2.24) is 4.98 Å². The molecule has 1 aliphatic heterocycles. The Morgan fingerprint density at radius 1 is 1.06 bits per heavy atom. The van der Waals surface area contributed by atoms with Crippen molar-refractivity contribution in [1.29, 1.82) is 0 Å². The van der Waals surface area contributed by atoms with Gasteiger partial charge in [-0.3, -0.25) is 9.59 Å². The molecule has 1 unspecified atom stereocenters. The van der Waals surface area contributed by atoms with Crippen LogP contribution in [0.15, 0.2) is 51.7 Å². The standard InChI is InChI=1S/C31H27ClF5N3O6S.C2H6.CH3Cl/c1-16-12-21(28-22(13-16)27(42)17(2)29(45-28)40-10-8-30(33,34)9-11-40)18(3)38-23-5-7-25(32)39-26(23)19-4-6-24(20(14-19)15-41)46-47(43,44)31(35,36)37;2*1-2/h4-7,12-15,18,38H,8-11H2,1-3H3;1-2H3;1H3. The summed E-state index contributed by atoms with van der Waals surface area (Å²) in [5.41, 5.74) is -4.00. The number of alkyl halides is 6. The molecule has 0 saturated carbocycles. The number of nitrogens with zero attached hydrogens (tertiary/aromatic N) is 2. The zero-order valence-corrected chi connectivity index (χ0v) is 30.8. The largest absolute Gasteiger partial charge is 0.534 e. The Hall–Kier alpha value is -3.95. The Bertz CT molecular complexity index is 2050. The number of aldehydes is 1. The molecule has 278 valence electrons. The van der Waals surface area contributed by atoms with Gasteiger partial charge < -0.3 is 18.8 Å². The van der Waals surface area contributed by atoms with Crippen molar-refractivity contribution < 1.29 is 43.8 Å². The molecule has 9 nitrogen and oxygen atoms in total. The molecular weight excluding hydrogens is 744 g/mol. The third kappa shape index (κ3) is 9.29. The number of aryl methyl sites for hydroxylation is 1. The average molecular weight is 781 g/mol. The maximum absolute atomic E-state index is 13.9. The summed E-state index contributed by atoms with van der Waals surface area (Å²) in [4.78, 5) is 31.2. The Morgan fingerprint density at radius 2 is 1.69 bits per heavy atom. The fraction of sp³-hybridized carbons (Fsp3) is 0.382. The summed E-state index contributed by atoms with van der Waals surface area (Å²) in [5, 5.41) is 3.60. The van der Waals surface area contributed by atoms with Crippen LogP contribution >= 0.6 is 23.2 Å². The van der Waals surface area contributed by atoms with E-state index in [2.05, 4.69) is 26.1 Å². The van der Waals surface area contributed by atoms with Gasteiger partial charge in [-0.2, -0.15) is 21.6 Å². The minimum Gasteiger partial charge on any atom is -0.440 e. The van der Waals surface area contributed by atoms with E-state index in [1.54, 1.807) is 43.9 Å². The smallest absolute Gasteiger partial charge is 0.440 e. The van der Waals surface area contributed by atoms with Crippen LogP contribution < -0.4 is 19.8 Å². The number of fused-ring (bicyclic) bond motifs is 1. The van der Waals surface area contributed by atoms with E-state index in [0.717, 1.165) is 17.7 Å². The number of rotatable bonds is 8. The Balaban J connectivity index is 0.00000169.